The molecular formula is C27H21F3N6O3. The third-order valence-corrected chi connectivity index (χ3v) is 7.14. The van der Waals surface area contributed by atoms with Crippen LogP contribution < -0.4 is 16.6 Å². The molecule has 0 unspecified atom stereocenters. The van der Waals surface area contributed by atoms with Gasteiger partial charge in [-0.25, -0.2) is 27.5 Å². The zero-order valence-electron chi connectivity index (χ0n) is 20.3. The van der Waals surface area contributed by atoms with E-state index in [2.05, 4.69) is 20.5 Å². The number of hydrogen-bond acceptors (Lipinski definition) is 5. The zero-order valence-corrected chi connectivity index (χ0v) is 20.3. The van der Waals surface area contributed by atoms with E-state index in [9.17, 15) is 27.6 Å². The van der Waals surface area contributed by atoms with Crippen LogP contribution in [-0.4, -0.2) is 36.3 Å². The number of halogens is 3. The minimum Gasteiger partial charge on any atom is -0.348 e. The van der Waals surface area contributed by atoms with Gasteiger partial charge in [0.1, 0.15) is 5.82 Å². The van der Waals surface area contributed by atoms with Crippen molar-refractivity contribution in [3.63, 3.8) is 0 Å². The van der Waals surface area contributed by atoms with Crippen molar-refractivity contribution < 1.29 is 18.0 Å². The van der Waals surface area contributed by atoms with Crippen LogP contribution in [0.3, 0.4) is 0 Å². The van der Waals surface area contributed by atoms with Gasteiger partial charge < -0.3 is 5.32 Å². The summed E-state index contributed by atoms with van der Waals surface area (Å²) in [6, 6.07) is 10.3. The topological polar surface area (TPSA) is 115 Å². The molecule has 2 N–H and O–H groups in total. The fourth-order valence-electron chi connectivity index (χ4n) is 5.23. The molecule has 1 amide bonds. The van der Waals surface area contributed by atoms with Crippen LogP contribution in [0.4, 0.5) is 13.2 Å². The number of rotatable bonds is 4. The monoisotopic (exact) mass is 534 g/mol. The molecule has 9 nitrogen and oxygen atoms in total. The van der Waals surface area contributed by atoms with Gasteiger partial charge in [0.2, 0.25) is 0 Å². The molecule has 0 bridgehead atoms. The Morgan fingerprint density at radius 2 is 1.72 bits per heavy atom. The van der Waals surface area contributed by atoms with E-state index in [0.717, 1.165) is 39.0 Å². The van der Waals surface area contributed by atoms with Crippen LogP contribution in [0.2, 0.25) is 0 Å². The number of H-pyrrole nitrogens is 1. The number of benzene rings is 2. The summed E-state index contributed by atoms with van der Waals surface area (Å²) >= 11 is 0. The van der Waals surface area contributed by atoms with Crippen molar-refractivity contribution in [2.45, 2.75) is 37.8 Å². The first-order valence-corrected chi connectivity index (χ1v) is 12.3. The standard InChI is InChI=1S/C27H21F3N6O3/c28-14-11-19-24(31-13-14)35(17-9-10-20(29)21(30)12-17)27(39)36(26(19)38)16-7-5-15(6-8-16)32-25(37)23-18-3-1-2-4-22(18)33-34-23/h1-4,9-13,15-16H,5-8H2,(H,32,37)(H,33,34). The lowest BCUT2D eigenvalue weighted by molar-refractivity contribution is 0.0918. The van der Waals surface area contributed by atoms with E-state index in [1.54, 1.807) is 6.07 Å². The number of amides is 1. The lowest BCUT2D eigenvalue weighted by Crippen LogP contribution is -2.45. The lowest BCUT2D eigenvalue weighted by Gasteiger charge is -2.30. The van der Waals surface area contributed by atoms with Crippen molar-refractivity contribution in [3.8, 4) is 5.69 Å². The van der Waals surface area contributed by atoms with Gasteiger partial charge in [0.25, 0.3) is 11.5 Å². The Kier molecular flexibility index (Phi) is 6.01. The van der Waals surface area contributed by atoms with Crippen molar-refractivity contribution in [2.24, 2.45) is 0 Å². The van der Waals surface area contributed by atoms with E-state index < -0.39 is 34.7 Å². The first kappa shape index (κ1) is 24.6. The summed E-state index contributed by atoms with van der Waals surface area (Å²) in [5.74, 6) is -3.40. The molecule has 2 aromatic carbocycles. The highest BCUT2D eigenvalue weighted by Crippen LogP contribution is 2.28. The number of fused-ring (bicyclic) bond motifs is 2. The molecule has 0 saturated heterocycles. The van der Waals surface area contributed by atoms with Crippen molar-refractivity contribution in [2.75, 3.05) is 0 Å². The highest BCUT2D eigenvalue weighted by Gasteiger charge is 2.29. The summed E-state index contributed by atoms with van der Waals surface area (Å²) in [5.41, 5.74) is -0.720. The maximum absolute atomic E-state index is 14.1. The van der Waals surface area contributed by atoms with Crippen LogP contribution in [0.1, 0.15) is 42.2 Å². The van der Waals surface area contributed by atoms with Gasteiger partial charge >= 0.3 is 5.69 Å². The van der Waals surface area contributed by atoms with Gasteiger partial charge in [-0.3, -0.25) is 19.3 Å². The minimum atomic E-state index is -1.19. The molecule has 5 aromatic rings. The van der Waals surface area contributed by atoms with E-state index in [1.807, 2.05) is 18.2 Å². The number of hydrogen-bond donors (Lipinski definition) is 2. The average molecular weight is 534 g/mol. The fourth-order valence-corrected chi connectivity index (χ4v) is 5.23. The number of aromatic nitrogens is 5. The van der Waals surface area contributed by atoms with Gasteiger partial charge in [-0.1, -0.05) is 18.2 Å². The highest BCUT2D eigenvalue weighted by atomic mass is 19.2. The van der Waals surface area contributed by atoms with E-state index in [-0.39, 0.29) is 34.4 Å². The fraction of sp³-hybridized carbons (Fsp3) is 0.222. The molecule has 198 valence electrons. The number of carbonyl (C=O) groups excluding carboxylic acids is 1. The minimum absolute atomic E-state index is 0.0519. The van der Waals surface area contributed by atoms with Gasteiger partial charge in [0.15, 0.2) is 23.0 Å². The molecule has 6 rings (SSSR count). The molecule has 39 heavy (non-hydrogen) atoms. The first-order chi connectivity index (χ1) is 18.8. The number of carbonyl (C=O) groups is 1. The Morgan fingerprint density at radius 1 is 0.949 bits per heavy atom. The maximum atomic E-state index is 14.1. The summed E-state index contributed by atoms with van der Waals surface area (Å²) in [4.78, 5) is 43.8. The predicted molar refractivity (Wildman–Crippen MR) is 136 cm³/mol. The Balaban J connectivity index is 1.31. The van der Waals surface area contributed by atoms with E-state index in [0.29, 0.717) is 31.1 Å². The maximum Gasteiger partial charge on any atom is 0.337 e. The third kappa shape index (κ3) is 4.27. The van der Waals surface area contributed by atoms with Crippen molar-refractivity contribution >= 4 is 27.8 Å². The summed E-state index contributed by atoms with van der Waals surface area (Å²) in [6.07, 6.45) is 2.52. The molecule has 0 spiro atoms. The Labute approximate surface area is 217 Å². The molecule has 3 aromatic heterocycles. The quantitative estimate of drug-likeness (QED) is 0.365. The molecule has 1 saturated carbocycles. The van der Waals surface area contributed by atoms with Crippen LogP contribution in [0, 0.1) is 17.5 Å². The van der Waals surface area contributed by atoms with Gasteiger partial charge in [-0.05, 0) is 49.9 Å². The number of para-hydroxylation sites is 1. The zero-order chi connectivity index (χ0) is 27.3. The summed E-state index contributed by atoms with van der Waals surface area (Å²) in [6.45, 7) is 0. The smallest absolute Gasteiger partial charge is 0.337 e. The molecule has 0 radical (unpaired) electrons. The highest BCUT2D eigenvalue weighted by molar-refractivity contribution is 6.04. The van der Waals surface area contributed by atoms with Crippen LogP contribution in [-0.2, 0) is 0 Å². The van der Waals surface area contributed by atoms with E-state index >= 15 is 0 Å². The van der Waals surface area contributed by atoms with Crippen molar-refractivity contribution in [1.29, 1.82) is 0 Å². The molecule has 1 aliphatic rings. The number of nitrogens with zero attached hydrogens (tertiary/aromatic N) is 4. The molecule has 0 atom stereocenters. The van der Waals surface area contributed by atoms with Crippen molar-refractivity contribution in [1.82, 2.24) is 29.6 Å². The SMILES string of the molecule is O=C(NC1CCC(n2c(=O)c3cc(F)cnc3n(-c3ccc(F)c(F)c3)c2=O)CC1)c1n[nH]c2ccccc12. The van der Waals surface area contributed by atoms with Gasteiger partial charge in [-0.2, -0.15) is 5.10 Å². The average Bonchev–Trinajstić information content (AvgIpc) is 3.36. The molecule has 3 heterocycles. The molecule has 0 aliphatic heterocycles. The predicted octanol–water partition coefficient (Wildman–Crippen LogP) is 3.75. The number of nitrogens with one attached hydrogen (secondary N) is 2. The number of pyridine rings is 1. The second-order valence-corrected chi connectivity index (χ2v) is 9.51. The van der Waals surface area contributed by atoms with Crippen LogP contribution >= 0.6 is 0 Å². The first-order valence-electron chi connectivity index (χ1n) is 12.3. The Bertz CT molecular complexity index is 1870. The van der Waals surface area contributed by atoms with Crippen LogP contribution in [0.15, 0.2) is 64.3 Å². The van der Waals surface area contributed by atoms with Gasteiger partial charge in [0.05, 0.1) is 22.8 Å². The second kappa shape index (κ2) is 9.53. The largest absolute Gasteiger partial charge is 0.348 e. The van der Waals surface area contributed by atoms with Gasteiger partial charge in [0, 0.05) is 23.5 Å². The molecule has 1 fully saturated rings. The molecule has 12 heteroatoms. The van der Waals surface area contributed by atoms with Crippen LogP contribution in [0.25, 0.3) is 27.6 Å². The summed E-state index contributed by atoms with van der Waals surface area (Å²) in [5, 5.41) is 10.5. The van der Waals surface area contributed by atoms with Crippen molar-refractivity contribution in [3.05, 3.63) is 98.7 Å². The van der Waals surface area contributed by atoms with E-state index in [1.165, 1.54) is 6.07 Å². The van der Waals surface area contributed by atoms with E-state index in [4.69, 9.17) is 0 Å². The molecular weight excluding hydrogens is 513 g/mol. The Morgan fingerprint density at radius 3 is 2.49 bits per heavy atom. The van der Waals surface area contributed by atoms with Gasteiger partial charge in [-0.15, -0.1) is 0 Å². The molecule has 1 aliphatic carbocycles. The Hall–Kier alpha value is -4.74. The third-order valence-electron chi connectivity index (χ3n) is 7.14. The summed E-state index contributed by atoms with van der Waals surface area (Å²) < 4.78 is 43.7. The summed E-state index contributed by atoms with van der Waals surface area (Å²) in [7, 11) is 0. The second-order valence-electron chi connectivity index (χ2n) is 9.51. The number of aromatic amines is 1. The normalized spacial score (nSPS) is 17.5. The lowest BCUT2D eigenvalue weighted by atomic mass is 9.90. The van der Waals surface area contributed by atoms with Crippen LogP contribution in [0.5, 0.6) is 0 Å².